The molecule has 4 aromatic rings. The number of hydrogen-bond acceptors (Lipinski definition) is 9. The summed E-state index contributed by atoms with van der Waals surface area (Å²) in [5, 5.41) is 14.9. The standard InChI is InChI=1S/C26H24Cl2N4O5S2/c1-14(37-20-11-16(27)7-10-19(20)28)23-30-31-26(32(23)2)39-13-21(33)29-24-22(25(34)36-4)18(12-38-24)15-5-8-17(35-3)9-6-15/h5-12,14H,13H2,1-4H3,(H,29,33). The molecule has 0 aliphatic carbocycles. The summed E-state index contributed by atoms with van der Waals surface area (Å²) in [7, 11) is 4.67. The van der Waals surface area contributed by atoms with E-state index in [0.717, 1.165) is 5.56 Å². The number of anilines is 1. The Morgan fingerprint density at radius 2 is 1.87 bits per heavy atom. The second-order valence-corrected chi connectivity index (χ2v) is 10.8. The number of nitrogens with zero attached hydrogens (tertiary/aromatic N) is 3. The lowest BCUT2D eigenvalue weighted by atomic mass is 10.0. The van der Waals surface area contributed by atoms with Crippen LogP contribution in [0.1, 0.15) is 29.2 Å². The van der Waals surface area contributed by atoms with Gasteiger partial charge in [-0.2, -0.15) is 0 Å². The van der Waals surface area contributed by atoms with Crippen molar-refractivity contribution in [2.24, 2.45) is 7.05 Å². The number of rotatable bonds is 10. The maximum atomic E-state index is 12.8. The van der Waals surface area contributed by atoms with Gasteiger partial charge in [0.25, 0.3) is 0 Å². The van der Waals surface area contributed by atoms with Gasteiger partial charge in [0, 0.05) is 29.1 Å². The van der Waals surface area contributed by atoms with Gasteiger partial charge in [-0.05, 0) is 36.8 Å². The minimum atomic E-state index is -0.545. The maximum absolute atomic E-state index is 12.8. The van der Waals surface area contributed by atoms with Crippen LogP contribution in [0, 0.1) is 0 Å². The fourth-order valence-electron chi connectivity index (χ4n) is 3.65. The van der Waals surface area contributed by atoms with Gasteiger partial charge in [0.15, 0.2) is 17.1 Å². The summed E-state index contributed by atoms with van der Waals surface area (Å²) < 4.78 is 17.9. The Bertz CT molecular complexity index is 1490. The van der Waals surface area contributed by atoms with Crippen LogP contribution in [-0.4, -0.2) is 46.6 Å². The zero-order valence-corrected chi connectivity index (χ0v) is 24.5. The summed E-state index contributed by atoms with van der Waals surface area (Å²) in [6.45, 7) is 1.81. The number of nitrogens with one attached hydrogen (secondary N) is 1. The molecule has 0 aliphatic rings. The molecule has 0 radical (unpaired) electrons. The molecular weight excluding hydrogens is 583 g/mol. The lowest BCUT2D eigenvalue weighted by molar-refractivity contribution is -0.113. The average Bonchev–Trinajstić information content (AvgIpc) is 3.52. The zero-order valence-electron chi connectivity index (χ0n) is 21.4. The molecule has 0 bridgehead atoms. The van der Waals surface area contributed by atoms with Gasteiger partial charge in [0.05, 0.1) is 25.0 Å². The van der Waals surface area contributed by atoms with E-state index in [1.165, 1.54) is 30.2 Å². The number of ether oxygens (including phenoxy) is 3. The first-order valence-electron chi connectivity index (χ1n) is 11.5. The highest BCUT2D eigenvalue weighted by Gasteiger charge is 2.23. The fourth-order valence-corrected chi connectivity index (χ4v) is 5.66. The van der Waals surface area contributed by atoms with Crippen molar-refractivity contribution in [3.63, 3.8) is 0 Å². The molecule has 0 aliphatic heterocycles. The van der Waals surface area contributed by atoms with Crippen molar-refractivity contribution in [1.29, 1.82) is 0 Å². The van der Waals surface area contributed by atoms with Crippen LogP contribution in [0.4, 0.5) is 5.00 Å². The second kappa shape index (κ2) is 12.7. The monoisotopic (exact) mass is 606 g/mol. The molecule has 9 nitrogen and oxygen atoms in total. The average molecular weight is 608 g/mol. The number of carbonyl (C=O) groups is 2. The molecule has 204 valence electrons. The lowest BCUT2D eigenvalue weighted by Gasteiger charge is -2.15. The molecule has 13 heteroatoms. The molecule has 1 unspecified atom stereocenters. The van der Waals surface area contributed by atoms with Crippen LogP contribution in [0.15, 0.2) is 53.0 Å². The van der Waals surface area contributed by atoms with Crippen LogP contribution in [-0.2, 0) is 16.6 Å². The number of halogens is 2. The SMILES string of the molecule is COC(=O)c1c(-c2ccc(OC)cc2)csc1NC(=O)CSc1nnc(C(C)Oc2cc(Cl)ccc2Cl)n1C. The molecule has 4 rings (SSSR count). The molecule has 0 spiro atoms. The van der Waals surface area contributed by atoms with E-state index >= 15 is 0 Å². The first-order chi connectivity index (χ1) is 18.7. The molecule has 2 heterocycles. The predicted molar refractivity (Wildman–Crippen MR) is 154 cm³/mol. The van der Waals surface area contributed by atoms with Gasteiger partial charge in [-0.15, -0.1) is 21.5 Å². The van der Waals surface area contributed by atoms with E-state index in [0.29, 0.717) is 43.1 Å². The summed E-state index contributed by atoms with van der Waals surface area (Å²) >= 11 is 14.7. The van der Waals surface area contributed by atoms with E-state index < -0.39 is 12.1 Å². The highest BCUT2D eigenvalue weighted by Crippen LogP contribution is 2.37. The Labute approximate surface area is 243 Å². The molecule has 0 fully saturated rings. The van der Waals surface area contributed by atoms with E-state index in [-0.39, 0.29) is 17.2 Å². The number of aromatic nitrogens is 3. The van der Waals surface area contributed by atoms with Crippen LogP contribution in [0.2, 0.25) is 10.0 Å². The number of hydrogen-bond donors (Lipinski definition) is 1. The van der Waals surface area contributed by atoms with Crippen LogP contribution in [0.25, 0.3) is 11.1 Å². The number of carbonyl (C=O) groups excluding carboxylic acids is 2. The Kier molecular flexibility index (Phi) is 9.39. The van der Waals surface area contributed by atoms with Crippen molar-refractivity contribution in [1.82, 2.24) is 14.8 Å². The van der Waals surface area contributed by atoms with Gasteiger partial charge in [-0.1, -0.05) is 47.1 Å². The molecule has 2 aromatic heterocycles. The number of methoxy groups -OCH3 is 2. The number of thiophene rings is 1. The van der Waals surface area contributed by atoms with Crippen LogP contribution in [0.3, 0.4) is 0 Å². The number of thioether (sulfide) groups is 1. The van der Waals surface area contributed by atoms with Gasteiger partial charge in [-0.25, -0.2) is 4.79 Å². The molecule has 0 saturated carbocycles. The first kappa shape index (κ1) is 28.8. The lowest BCUT2D eigenvalue weighted by Crippen LogP contribution is -2.16. The summed E-state index contributed by atoms with van der Waals surface area (Å²) in [5.41, 5.74) is 1.74. The van der Waals surface area contributed by atoms with Crippen molar-refractivity contribution < 1.29 is 23.8 Å². The number of amides is 1. The number of benzene rings is 2. The van der Waals surface area contributed by atoms with Crippen molar-refractivity contribution >= 4 is 63.2 Å². The van der Waals surface area contributed by atoms with Crippen molar-refractivity contribution in [3.05, 3.63) is 69.3 Å². The topological polar surface area (TPSA) is 105 Å². The smallest absolute Gasteiger partial charge is 0.341 e. The van der Waals surface area contributed by atoms with E-state index in [9.17, 15) is 9.59 Å². The molecule has 1 atom stereocenters. The molecule has 2 aromatic carbocycles. The second-order valence-electron chi connectivity index (χ2n) is 8.15. The highest BCUT2D eigenvalue weighted by molar-refractivity contribution is 7.99. The third-order valence-electron chi connectivity index (χ3n) is 5.60. The molecule has 0 saturated heterocycles. The normalized spacial score (nSPS) is 11.6. The molecule has 1 amide bonds. The summed E-state index contributed by atoms with van der Waals surface area (Å²) in [5.74, 6) is 0.853. The van der Waals surface area contributed by atoms with E-state index in [2.05, 4.69) is 15.5 Å². The largest absolute Gasteiger partial charge is 0.497 e. The maximum Gasteiger partial charge on any atom is 0.341 e. The minimum Gasteiger partial charge on any atom is -0.497 e. The van der Waals surface area contributed by atoms with E-state index in [4.69, 9.17) is 37.4 Å². The van der Waals surface area contributed by atoms with Gasteiger partial charge >= 0.3 is 5.97 Å². The van der Waals surface area contributed by atoms with Crippen LogP contribution < -0.4 is 14.8 Å². The summed E-state index contributed by atoms with van der Waals surface area (Å²) in [4.78, 5) is 25.4. The third-order valence-corrected chi connectivity index (χ3v) is 8.06. The summed E-state index contributed by atoms with van der Waals surface area (Å²) in [6, 6.07) is 12.2. The quantitative estimate of drug-likeness (QED) is 0.161. The van der Waals surface area contributed by atoms with Crippen LogP contribution in [0.5, 0.6) is 11.5 Å². The van der Waals surface area contributed by atoms with Gasteiger partial charge < -0.3 is 24.1 Å². The minimum absolute atomic E-state index is 0.0394. The van der Waals surface area contributed by atoms with Gasteiger partial charge in [-0.3, -0.25) is 4.79 Å². The Morgan fingerprint density at radius 1 is 1.13 bits per heavy atom. The van der Waals surface area contributed by atoms with Crippen LogP contribution >= 0.6 is 46.3 Å². The zero-order chi connectivity index (χ0) is 28.1. The van der Waals surface area contributed by atoms with Crippen molar-refractivity contribution in [2.75, 3.05) is 25.3 Å². The Morgan fingerprint density at radius 3 is 2.56 bits per heavy atom. The van der Waals surface area contributed by atoms with Gasteiger partial charge in [0.1, 0.15) is 22.1 Å². The first-order valence-corrected chi connectivity index (χ1v) is 14.1. The third kappa shape index (κ3) is 6.67. The molecule has 1 N–H and O–H groups in total. The molecule has 39 heavy (non-hydrogen) atoms. The predicted octanol–water partition coefficient (Wildman–Crippen LogP) is 6.52. The van der Waals surface area contributed by atoms with E-state index in [1.807, 2.05) is 19.1 Å². The Hall–Kier alpha value is -3.25. The highest BCUT2D eigenvalue weighted by atomic mass is 35.5. The summed E-state index contributed by atoms with van der Waals surface area (Å²) in [6.07, 6.45) is -0.480. The van der Waals surface area contributed by atoms with Gasteiger partial charge in [0.2, 0.25) is 5.91 Å². The van der Waals surface area contributed by atoms with Crippen molar-refractivity contribution in [3.8, 4) is 22.6 Å². The van der Waals surface area contributed by atoms with E-state index in [1.54, 1.807) is 54.4 Å². The fraction of sp³-hybridized carbons (Fsp3) is 0.231. The number of esters is 1. The van der Waals surface area contributed by atoms with Crippen molar-refractivity contribution in [2.45, 2.75) is 18.2 Å². The Balaban J connectivity index is 1.43. The molecular formula is C26H24Cl2N4O5S2.